The highest BCUT2D eigenvalue weighted by atomic mass is 15.2. The van der Waals surface area contributed by atoms with Gasteiger partial charge in [0.2, 0.25) is 0 Å². The van der Waals surface area contributed by atoms with Crippen molar-refractivity contribution in [3.05, 3.63) is 0 Å². The topological polar surface area (TPSA) is 30.3 Å². The Labute approximate surface area is 69.2 Å². The quantitative estimate of drug-likeness (QED) is 0.588. The van der Waals surface area contributed by atoms with E-state index in [2.05, 4.69) is 15.9 Å². The molecule has 0 aliphatic carbocycles. The minimum Gasteiger partial charge on any atom is -0.308 e. The third-order valence-corrected chi connectivity index (χ3v) is 1.63. The van der Waals surface area contributed by atoms with Crippen molar-refractivity contribution in [2.45, 2.75) is 12.5 Å². The molecule has 0 aromatic heterocycles. The molecule has 1 atom stereocenters. The van der Waals surface area contributed by atoms with Gasteiger partial charge in [0, 0.05) is 12.6 Å². The van der Waals surface area contributed by atoms with Gasteiger partial charge in [0.05, 0.1) is 12.5 Å². The van der Waals surface area contributed by atoms with Crippen LogP contribution in [0.4, 0.5) is 0 Å². The summed E-state index contributed by atoms with van der Waals surface area (Å²) in [6.07, 6.45) is 0.602. The number of hydrogen-bond donors (Lipinski definition) is 0. The van der Waals surface area contributed by atoms with Gasteiger partial charge in [-0.1, -0.05) is 0 Å². The molecule has 0 amide bonds. The third-order valence-electron chi connectivity index (χ3n) is 1.63. The minimum atomic E-state index is 0.356. The van der Waals surface area contributed by atoms with Crippen LogP contribution in [0.15, 0.2) is 0 Å². The van der Waals surface area contributed by atoms with Crippen molar-refractivity contribution < 1.29 is 0 Å². The maximum absolute atomic E-state index is 8.50. The van der Waals surface area contributed by atoms with E-state index in [1.54, 1.807) is 0 Å². The highest BCUT2D eigenvalue weighted by Gasteiger charge is 2.10. The SMILES string of the molecule is CN(C)CC(CC#N)N(C)C. The van der Waals surface area contributed by atoms with E-state index in [9.17, 15) is 0 Å². The van der Waals surface area contributed by atoms with E-state index in [0.717, 1.165) is 6.54 Å². The van der Waals surface area contributed by atoms with Crippen LogP contribution in [0.5, 0.6) is 0 Å². The van der Waals surface area contributed by atoms with E-state index in [-0.39, 0.29) is 0 Å². The molecular weight excluding hydrogens is 138 g/mol. The molecule has 0 aromatic rings. The van der Waals surface area contributed by atoms with Gasteiger partial charge in [-0.05, 0) is 28.2 Å². The molecule has 0 saturated carbocycles. The number of likely N-dealkylation sites (N-methyl/N-ethyl adjacent to an activating group) is 2. The summed E-state index contributed by atoms with van der Waals surface area (Å²) < 4.78 is 0. The van der Waals surface area contributed by atoms with Gasteiger partial charge in [0.25, 0.3) is 0 Å². The molecule has 11 heavy (non-hydrogen) atoms. The van der Waals surface area contributed by atoms with Gasteiger partial charge in [0.1, 0.15) is 0 Å². The Balaban J connectivity index is 3.81. The van der Waals surface area contributed by atoms with Crippen LogP contribution < -0.4 is 0 Å². The molecule has 0 aliphatic rings. The lowest BCUT2D eigenvalue weighted by Gasteiger charge is -2.24. The molecule has 0 radical (unpaired) electrons. The summed E-state index contributed by atoms with van der Waals surface area (Å²) in [6.45, 7) is 0.945. The zero-order chi connectivity index (χ0) is 8.85. The lowest BCUT2D eigenvalue weighted by Crippen LogP contribution is -2.37. The fraction of sp³-hybridized carbons (Fsp3) is 0.875. The van der Waals surface area contributed by atoms with Gasteiger partial charge in [0.15, 0.2) is 0 Å². The van der Waals surface area contributed by atoms with Gasteiger partial charge < -0.3 is 9.80 Å². The van der Waals surface area contributed by atoms with E-state index in [1.165, 1.54) is 0 Å². The van der Waals surface area contributed by atoms with Crippen LogP contribution >= 0.6 is 0 Å². The predicted molar refractivity (Wildman–Crippen MR) is 46.3 cm³/mol. The van der Waals surface area contributed by atoms with Crippen LogP contribution in [-0.4, -0.2) is 50.6 Å². The first-order valence-electron chi connectivity index (χ1n) is 3.76. The van der Waals surface area contributed by atoms with Crippen molar-refractivity contribution in [3.8, 4) is 6.07 Å². The van der Waals surface area contributed by atoms with E-state index >= 15 is 0 Å². The molecule has 0 spiro atoms. The Bertz CT molecular complexity index is 135. The summed E-state index contributed by atoms with van der Waals surface area (Å²) >= 11 is 0. The molecule has 0 heterocycles. The van der Waals surface area contributed by atoms with Crippen molar-refractivity contribution in [2.75, 3.05) is 34.7 Å². The summed E-state index contributed by atoms with van der Waals surface area (Å²) in [4.78, 5) is 4.19. The second-order valence-corrected chi connectivity index (χ2v) is 3.24. The Morgan fingerprint density at radius 1 is 1.27 bits per heavy atom. The maximum atomic E-state index is 8.50. The number of hydrogen-bond acceptors (Lipinski definition) is 3. The van der Waals surface area contributed by atoms with Crippen LogP contribution in [0.2, 0.25) is 0 Å². The van der Waals surface area contributed by atoms with Crippen LogP contribution in [0.1, 0.15) is 6.42 Å². The Kier molecular flexibility index (Phi) is 4.84. The van der Waals surface area contributed by atoms with Gasteiger partial charge in [-0.3, -0.25) is 0 Å². The molecule has 0 N–H and O–H groups in total. The van der Waals surface area contributed by atoms with E-state index in [1.807, 2.05) is 28.2 Å². The number of nitriles is 1. The molecule has 0 saturated heterocycles. The van der Waals surface area contributed by atoms with E-state index in [0.29, 0.717) is 12.5 Å². The second-order valence-electron chi connectivity index (χ2n) is 3.24. The molecule has 0 rings (SSSR count). The van der Waals surface area contributed by atoms with Crippen LogP contribution in [-0.2, 0) is 0 Å². The Morgan fingerprint density at radius 2 is 1.82 bits per heavy atom. The molecule has 1 unspecified atom stereocenters. The van der Waals surface area contributed by atoms with Crippen molar-refractivity contribution in [1.82, 2.24) is 9.80 Å². The van der Waals surface area contributed by atoms with Crippen LogP contribution in [0.3, 0.4) is 0 Å². The smallest absolute Gasteiger partial charge is 0.0638 e. The fourth-order valence-electron chi connectivity index (χ4n) is 0.937. The number of nitrogens with zero attached hydrogens (tertiary/aromatic N) is 3. The lowest BCUT2D eigenvalue weighted by atomic mass is 10.2. The van der Waals surface area contributed by atoms with Gasteiger partial charge in [-0.2, -0.15) is 5.26 Å². The third kappa shape index (κ3) is 4.77. The monoisotopic (exact) mass is 155 g/mol. The molecule has 0 aliphatic heterocycles. The van der Waals surface area contributed by atoms with E-state index < -0.39 is 0 Å². The zero-order valence-corrected chi connectivity index (χ0v) is 7.83. The molecule has 0 bridgehead atoms. The molecule has 0 aromatic carbocycles. The van der Waals surface area contributed by atoms with Gasteiger partial charge in [-0.15, -0.1) is 0 Å². The van der Waals surface area contributed by atoms with Crippen LogP contribution in [0.25, 0.3) is 0 Å². The zero-order valence-electron chi connectivity index (χ0n) is 7.83. The minimum absolute atomic E-state index is 0.356. The van der Waals surface area contributed by atoms with Gasteiger partial charge >= 0.3 is 0 Å². The molecular formula is C8H17N3. The second kappa shape index (κ2) is 5.11. The highest BCUT2D eigenvalue weighted by Crippen LogP contribution is 1.99. The number of rotatable bonds is 4. The van der Waals surface area contributed by atoms with Gasteiger partial charge in [-0.25, -0.2) is 0 Å². The summed E-state index contributed by atoms with van der Waals surface area (Å²) in [5.41, 5.74) is 0. The molecule has 64 valence electrons. The molecule has 3 heteroatoms. The predicted octanol–water partition coefficient (Wildman–Crippen LogP) is 0.392. The first-order chi connectivity index (χ1) is 5.07. The summed E-state index contributed by atoms with van der Waals surface area (Å²) in [6, 6.07) is 2.54. The van der Waals surface area contributed by atoms with Crippen molar-refractivity contribution in [3.63, 3.8) is 0 Å². The van der Waals surface area contributed by atoms with Crippen molar-refractivity contribution >= 4 is 0 Å². The molecule has 3 nitrogen and oxygen atoms in total. The largest absolute Gasteiger partial charge is 0.308 e. The normalized spacial score (nSPS) is 13.5. The summed E-state index contributed by atoms with van der Waals surface area (Å²) in [5.74, 6) is 0. The van der Waals surface area contributed by atoms with E-state index in [4.69, 9.17) is 5.26 Å². The first kappa shape index (κ1) is 10.4. The van der Waals surface area contributed by atoms with Crippen molar-refractivity contribution in [2.24, 2.45) is 0 Å². The maximum Gasteiger partial charge on any atom is 0.0638 e. The lowest BCUT2D eigenvalue weighted by molar-refractivity contribution is 0.231. The average molecular weight is 155 g/mol. The molecule has 0 fully saturated rings. The average Bonchev–Trinajstić information content (AvgIpc) is 1.86. The highest BCUT2D eigenvalue weighted by molar-refractivity contribution is 4.81. The summed E-state index contributed by atoms with van der Waals surface area (Å²) in [7, 11) is 8.05. The Hall–Kier alpha value is -0.590. The van der Waals surface area contributed by atoms with Crippen LogP contribution in [0, 0.1) is 11.3 Å². The Morgan fingerprint density at radius 3 is 2.09 bits per heavy atom. The fourth-order valence-corrected chi connectivity index (χ4v) is 0.937. The first-order valence-corrected chi connectivity index (χ1v) is 3.76. The standard InChI is InChI=1S/C8H17N3/c1-10(2)7-8(5-6-9)11(3)4/h8H,5,7H2,1-4H3. The van der Waals surface area contributed by atoms with Crippen molar-refractivity contribution in [1.29, 1.82) is 5.26 Å². The summed E-state index contributed by atoms with van der Waals surface area (Å²) in [5, 5.41) is 8.50.